The lowest BCUT2D eigenvalue weighted by Gasteiger charge is -2.34. The maximum absolute atomic E-state index is 13.6. The van der Waals surface area contributed by atoms with Crippen LogP contribution in [0.5, 0.6) is 0 Å². The second-order valence-electron chi connectivity index (χ2n) is 10.7. The van der Waals surface area contributed by atoms with Crippen molar-refractivity contribution in [1.29, 1.82) is 0 Å². The van der Waals surface area contributed by atoms with Crippen molar-refractivity contribution < 1.29 is 13.2 Å². The number of allylic oxidation sites excluding steroid dienone is 1. The molecule has 3 heterocycles. The average Bonchev–Trinajstić information content (AvgIpc) is 3.43. The van der Waals surface area contributed by atoms with Crippen molar-refractivity contribution in [3.8, 4) is 0 Å². The van der Waals surface area contributed by atoms with E-state index < -0.39 is 15.9 Å². The maximum atomic E-state index is 13.6. The van der Waals surface area contributed by atoms with Crippen molar-refractivity contribution in [3.63, 3.8) is 0 Å². The number of nitrogen functional groups attached to an aromatic ring is 1. The Labute approximate surface area is 214 Å². The van der Waals surface area contributed by atoms with Crippen LogP contribution < -0.4 is 15.4 Å². The van der Waals surface area contributed by atoms with E-state index >= 15 is 0 Å². The minimum absolute atomic E-state index is 0.0621. The van der Waals surface area contributed by atoms with Crippen LogP contribution in [-0.4, -0.2) is 36.4 Å². The van der Waals surface area contributed by atoms with Gasteiger partial charge in [0.25, 0.3) is 15.9 Å². The summed E-state index contributed by atoms with van der Waals surface area (Å²) < 4.78 is 28.2. The van der Waals surface area contributed by atoms with Gasteiger partial charge in [-0.1, -0.05) is 44.9 Å². The number of anilines is 2. The zero-order valence-electron chi connectivity index (χ0n) is 21.6. The number of hydrogen-bond donors (Lipinski definition) is 2. The molecule has 1 aliphatic carbocycles. The van der Waals surface area contributed by atoms with Gasteiger partial charge in [0, 0.05) is 17.8 Å². The SMILES string of the molecule is CCc1nc(N2C[C@@H](C)CC2(C)C)c(C(=O)NS(=O)(=O)c2cccc(N)n2)cc1/C=C/C1CCCC1. The van der Waals surface area contributed by atoms with Gasteiger partial charge in [-0.25, -0.2) is 14.7 Å². The van der Waals surface area contributed by atoms with Gasteiger partial charge in [0.05, 0.1) is 5.56 Å². The highest BCUT2D eigenvalue weighted by Crippen LogP contribution is 2.38. The molecule has 36 heavy (non-hydrogen) atoms. The predicted octanol–water partition coefficient (Wildman–Crippen LogP) is 4.57. The molecule has 2 aromatic rings. The third-order valence-corrected chi connectivity index (χ3v) is 8.45. The van der Waals surface area contributed by atoms with Gasteiger partial charge in [0.15, 0.2) is 5.03 Å². The molecule has 0 bridgehead atoms. The normalized spacial score (nSPS) is 20.3. The lowest BCUT2D eigenvalue weighted by atomic mass is 9.97. The van der Waals surface area contributed by atoms with E-state index in [0.717, 1.165) is 24.2 Å². The van der Waals surface area contributed by atoms with Crippen LogP contribution in [-0.2, 0) is 16.4 Å². The zero-order chi connectivity index (χ0) is 26.1. The fraction of sp³-hybridized carbons (Fsp3) is 0.519. The molecule has 0 aromatic carbocycles. The topological polar surface area (TPSA) is 118 Å². The second kappa shape index (κ2) is 10.2. The number of nitrogens with two attached hydrogens (primary N) is 1. The fourth-order valence-corrected chi connectivity index (χ4v) is 6.46. The molecule has 1 saturated carbocycles. The van der Waals surface area contributed by atoms with Crippen molar-refractivity contribution in [1.82, 2.24) is 14.7 Å². The lowest BCUT2D eigenvalue weighted by molar-refractivity contribution is 0.0981. The van der Waals surface area contributed by atoms with E-state index in [-0.39, 0.29) is 21.9 Å². The molecule has 1 aliphatic heterocycles. The summed E-state index contributed by atoms with van der Waals surface area (Å²) in [5, 5.41) is -0.299. The number of rotatable bonds is 7. The first-order valence-corrected chi connectivity index (χ1v) is 14.3. The number of aromatic nitrogens is 2. The molecule has 0 unspecified atom stereocenters. The molecular weight excluding hydrogens is 474 g/mol. The molecule has 1 atom stereocenters. The molecule has 0 radical (unpaired) electrons. The summed E-state index contributed by atoms with van der Waals surface area (Å²) in [4.78, 5) is 24.6. The van der Waals surface area contributed by atoms with Gasteiger partial charge in [0.2, 0.25) is 0 Å². The number of carbonyl (C=O) groups excluding carboxylic acids is 1. The van der Waals surface area contributed by atoms with Crippen LogP contribution >= 0.6 is 0 Å². The van der Waals surface area contributed by atoms with Gasteiger partial charge in [-0.2, -0.15) is 8.42 Å². The van der Waals surface area contributed by atoms with E-state index in [0.29, 0.717) is 24.1 Å². The molecule has 1 saturated heterocycles. The molecule has 2 fully saturated rings. The molecule has 8 nitrogen and oxygen atoms in total. The van der Waals surface area contributed by atoms with E-state index in [1.807, 2.05) is 13.0 Å². The number of nitrogens with one attached hydrogen (secondary N) is 1. The Morgan fingerprint density at radius 3 is 2.58 bits per heavy atom. The number of aryl methyl sites for hydroxylation is 1. The van der Waals surface area contributed by atoms with Gasteiger partial charge in [-0.15, -0.1) is 0 Å². The number of hydrogen-bond acceptors (Lipinski definition) is 7. The summed E-state index contributed by atoms with van der Waals surface area (Å²) >= 11 is 0. The third kappa shape index (κ3) is 5.56. The summed E-state index contributed by atoms with van der Waals surface area (Å²) in [5.41, 5.74) is 7.44. The Morgan fingerprint density at radius 2 is 1.97 bits per heavy atom. The summed E-state index contributed by atoms with van der Waals surface area (Å²) in [6.45, 7) is 9.23. The Hall–Kier alpha value is -2.94. The highest BCUT2D eigenvalue weighted by molar-refractivity contribution is 7.90. The van der Waals surface area contributed by atoms with E-state index in [9.17, 15) is 13.2 Å². The molecule has 2 aliphatic rings. The summed E-state index contributed by atoms with van der Waals surface area (Å²) in [6.07, 6.45) is 10.7. The fourth-order valence-electron chi connectivity index (χ4n) is 5.52. The number of nitrogens with zero attached hydrogens (tertiary/aromatic N) is 3. The van der Waals surface area contributed by atoms with Gasteiger partial charge in [-0.3, -0.25) is 4.79 Å². The molecule has 194 valence electrons. The van der Waals surface area contributed by atoms with Crippen LogP contribution in [0.4, 0.5) is 11.6 Å². The predicted molar refractivity (Wildman–Crippen MR) is 143 cm³/mol. The Balaban J connectivity index is 1.77. The smallest absolute Gasteiger partial charge is 0.281 e. The van der Waals surface area contributed by atoms with E-state index in [4.69, 9.17) is 10.7 Å². The molecular formula is C27H37N5O3S. The third-order valence-electron chi connectivity index (χ3n) is 7.22. The van der Waals surface area contributed by atoms with Crippen molar-refractivity contribution >= 4 is 33.6 Å². The monoisotopic (exact) mass is 511 g/mol. The number of amides is 1. The second-order valence-corrected chi connectivity index (χ2v) is 12.3. The maximum Gasteiger partial charge on any atom is 0.281 e. The van der Waals surface area contributed by atoms with Gasteiger partial charge in [-0.05, 0) is 75.1 Å². The highest BCUT2D eigenvalue weighted by atomic mass is 32.2. The van der Waals surface area contributed by atoms with Crippen LogP contribution in [0.3, 0.4) is 0 Å². The molecule has 4 rings (SSSR count). The van der Waals surface area contributed by atoms with Crippen molar-refractivity contribution in [2.75, 3.05) is 17.2 Å². The first-order valence-electron chi connectivity index (χ1n) is 12.8. The summed E-state index contributed by atoms with van der Waals surface area (Å²) in [6, 6.07) is 6.09. The summed E-state index contributed by atoms with van der Waals surface area (Å²) in [7, 11) is -4.22. The van der Waals surface area contributed by atoms with E-state index in [2.05, 4.69) is 41.5 Å². The average molecular weight is 512 g/mol. The Kier molecular flexibility index (Phi) is 7.41. The van der Waals surface area contributed by atoms with Crippen molar-refractivity contribution in [3.05, 3.63) is 47.2 Å². The largest absolute Gasteiger partial charge is 0.384 e. The summed E-state index contributed by atoms with van der Waals surface area (Å²) in [5.74, 6) is 0.805. The number of pyridine rings is 2. The van der Waals surface area contributed by atoms with Crippen LogP contribution in [0.1, 0.15) is 81.4 Å². The first kappa shape index (κ1) is 26.1. The lowest BCUT2D eigenvalue weighted by Crippen LogP contribution is -2.41. The quantitative estimate of drug-likeness (QED) is 0.559. The number of carbonyl (C=O) groups is 1. The standard InChI is InChI=1S/C27H37N5O3S/c1-5-22-20(14-13-19-9-6-7-10-19)15-21(25(29-22)32-17-18(2)16-27(32,3)4)26(33)31-36(34,35)24-12-8-11-23(28)30-24/h8,11-15,18-19H,5-7,9-10,16-17H2,1-4H3,(H2,28,30)(H,31,33)/b14-13+/t18-/m0/s1. The Bertz CT molecular complexity index is 1270. The highest BCUT2D eigenvalue weighted by Gasteiger charge is 2.39. The molecule has 2 aromatic heterocycles. The molecule has 9 heteroatoms. The number of sulfonamides is 1. The first-order chi connectivity index (χ1) is 17.0. The van der Waals surface area contributed by atoms with Crippen LogP contribution in [0.2, 0.25) is 0 Å². The molecule has 3 N–H and O–H groups in total. The van der Waals surface area contributed by atoms with Crippen LogP contribution in [0.15, 0.2) is 35.4 Å². The van der Waals surface area contributed by atoms with Gasteiger partial charge >= 0.3 is 0 Å². The van der Waals surface area contributed by atoms with Crippen molar-refractivity contribution in [2.45, 2.75) is 76.8 Å². The van der Waals surface area contributed by atoms with Crippen molar-refractivity contribution in [2.24, 2.45) is 11.8 Å². The van der Waals surface area contributed by atoms with Gasteiger partial charge < -0.3 is 10.6 Å². The minimum atomic E-state index is -4.22. The van der Waals surface area contributed by atoms with E-state index in [1.165, 1.54) is 43.9 Å². The van der Waals surface area contributed by atoms with Crippen LogP contribution in [0.25, 0.3) is 6.08 Å². The molecule has 1 amide bonds. The Morgan fingerprint density at radius 1 is 1.25 bits per heavy atom. The van der Waals surface area contributed by atoms with Crippen LogP contribution in [0, 0.1) is 11.8 Å². The zero-order valence-corrected chi connectivity index (χ0v) is 22.4. The molecule has 0 spiro atoms. The van der Waals surface area contributed by atoms with E-state index in [1.54, 1.807) is 6.07 Å². The minimum Gasteiger partial charge on any atom is -0.384 e. The van der Waals surface area contributed by atoms with Gasteiger partial charge in [0.1, 0.15) is 11.6 Å².